The molecule has 184 valence electrons. The van der Waals surface area contributed by atoms with Crippen LogP contribution in [0, 0.1) is 6.92 Å². The SMILES string of the molecule is Cc1ccc(C(=O)NNC(=O)[C@@H](OC(=O)c2ccccc2)[C@H](OC(=O)c2ccccc2)C(=O)O)cc1. The molecule has 0 radical (unpaired) electrons. The summed E-state index contributed by atoms with van der Waals surface area (Å²) in [6.07, 6.45) is -4.36. The molecule has 0 fully saturated rings. The van der Waals surface area contributed by atoms with Crippen molar-refractivity contribution >= 4 is 29.7 Å². The predicted octanol–water partition coefficient (Wildman–Crippen LogP) is 2.29. The summed E-state index contributed by atoms with van der Waals surface area (Å²) in [6.45, 7) is 1.83. The van der Waals surface area contributed by atoms with Crippen molar-refractivity contribution in [1.82, 2.24) is 10.9 Å². The van der Waals surface area contributed by atoms with Gasteiger partial charge < -0.3 is 14.6 Å². The second kappa shape index (κ2) is 11.9. The van der Waals surface area contributed by atoms with Crippen molar-refractivity contribution in [3.8, 4) is 0 Å². The number of esters is 2. The molecule has 3 aromatic carbocycles. The number of hydrazine groups is 1. The number of carboxylic acid groups (broad SMARTS) is 1. The van der Waals surface area contributed by atoms with Gasteiger partial charge in [-0.15, -0.1) is 0 Å². The molecule has 0 saturated heterocycles. The summed E-state index contributed by atoms with van der Waals surface area (Å²) in [5.41, 5.74) is 5.32. The number of carboxylic acids is 1. The first-order valence-electron chi connectivity index (χ1n) is 10.7. The summed E-state index contributed by atoms with van der Waals surface area (Å²) in [5.74, 6) is -5.77. The van der Waals surface area contributed by atoms with E-state index in [1.54, 1.807) is 24.3 Å². The lowest BCUT2D eigenvalue weighted by atomic mass is 10.1. The third-order valence-corrected chi connectivity index (χ3v) is 4.88. The molecule has 2 amide bonds. The average Bonchev–Trinajstić information content (AvgIpc) is 2.90. The third-order valence-electron chi connectivity index (χ3n) is 4.88. The lowest BCUT2D eigenvalue weighted by Crippen LogP contribution is -2.54. The first-order chi connectivity index (χ1) is 17.3. The highest BCUT2D eigenvalue weighted by Crippen LogP contribution is 2.13. The molecule has 36 heavy (non-hydrogen) atoms. The molecule has 2 atom stereocenters. The van der Waals surface area contributed by atoms with Crippen LogP contribution in [0.4, 0.5) is 0 Å². The monoisotopic (exact) mass is 490 g/mol. The van der Waals surface area contributed by atoms with Crippen LogP contribution in [0.2, 0.25) is 0 Å². The zero-order valence-electron chi connectivity index (χ0n) is 19.0. The number of aliphatic carboxylic acids is 1. The number of benzene rings is 3. The molecule has 10 nitrogen and oxygen atoms in total. The highest BCUT2D eigenvalue weighted by Gasteiger charge is 2.41. The van der Waals surface area contributed by atoms with Crippen LogP contribution in [-0.4, -0.2) is 47.0 Å². The molecule has 3 rings (SSSR count). The van der Waals surface area contributed by atoms with Crippen molar-refractivity contribution in [2.45, 2.75) is 19.1 Å². The molecule has 0 spiro atoms. The van der Waals surface area contributed by atoms with Gasteiger partial charge in [0.05, 0.1) is 11.1 Å². The maximum Gasteiger partial charge on any atom is 0.349 e. The van der Waals surface area contributed by atoms with Gasteiger partial charge in [-0.1, -0.05) is 54.1 Å². The summed E-state index contributed by atoms with van der Waals surface area (Å²) < 4.78 is 10.2. The molecule has 0 saturated carbocycles. The van der Waals surface area contributed by atoms with Crippen LogP contribution in [-0.2, 0) is 19.1 Å². The van der Waals surface area contributed by atoms with Gasteiger partial charge in [-0.05, 0) is 43.3 Å². The number of ether oxygens (including phenoxy) is 2. The Morgan fingerprint density at radius 2 is 1.11 bits per heavy atom. The maximum atomic E-state index is 12.9. The van der Waals surface area contributed by atoms with E-state index in [1.807, 2.05) is 12.3 Å². The zero-order chi connectivity index (χ0) is 26.1. The Morgan fingerprint density at radius 3 is 1.58 bits per heavy atom. The Balaban J connectivity index is 1.82. The van der Waals surface area contributed by atoms with E-state index in [4.69, 9.17) is 9.47 Å². The van der Waals surface area contributed by atoms with Crippen molar-refractivity contribution < 1.29 is 38.6 Å². The second-order valence-corrected chi connectivity index (χ2v) is 7.53. The van der Waals surface area contributed by atoms with Crippen molar-refractivity contribution in [3.63, 3.8) is 0 Å². The van der Waals surface area contributed by atoms with Gasteiger partial charge in [-0.2, -0.15) is 0 Å². The van der Waals surface area contributed by atoms with Crippen LogP contribution < -0.4 is 10.9 Å². The van der Waals surface area contributed by atoms with Crippen molar-refractivity contribution in [2.24, 2.45) is 0 Å². The predicted molar refractivity (Wildman–Crippen MR) is 126 cm³/mol. The zero-order valence-corrected chi connectivity index (χ0v) is 19.0. The topological polar surface area (TPSA) is 148 Å². The van der Waals surface area contributed by atoms with Gasteiger partial charge in [-0.25, -0.2) is 14.4 Å². The van der Waals surface area contributed by atoms with Crippen LogP contribution in [0.25, 0.3) is 0 Å². The van der Waals surface area contributed by atoms with Crippen molar-refractivity contribution in [2.75, 3.05) is 0 Å². The van der Waals surface area contributed by atoms with Gasteiger partial charge in [0.25, 0.3) is 11.8 Å². The molecule has 3 aromatic rings. The molecule has 0 aliphatic rings. The summed E-state index contributed by atoms with van der Waals surface area (Å²) in [6, 6.07) is 21.4. The largest absolute Gasteiger partial charge is 0.478 e. The number of carbonyl (C=O) groups is 5. The lowest BCUT2D eigenvalue weighted by Gasteiger charge is -2.23. The van der Waals surface area contributed by atoms with Gasteiger partial charge in [0.1, 0.15) is 0 Å². The summed E-state index contributed by atoms with van der Waals surface area (Å²) in [5, 5.41) is 9.72. The standard InChI is InChI=1S/C26H22N2O8/c1-16-12-14-17(15-13-16)22(29)27-28-23(30)20(35-25(33)18-8-4-2-5-9-18)21(24(31)32)36-26(34)19-10-6-3-7-11-19/h2-15,20-21H,1H3,(H,27,29)(H,28,30)(H,31,32)/t20-,21-/m0/s1. The first kappa shape index (κ1) is 25.6. The van der Waals surface area contributed by atoms with Gasteiger partial charge in [0.2, 0.25) is 12.2 Å². The summed E-state index contributed by atoms with van der Waals surface area (Å²) >= 11 is 0. The minimum Gasteiger partial charge on any atom is -0.478 e. The Morgan fingerprint density at radius 1 is 0.639 bits per heavy atom. The third kappa shape index (κ3) is 6.76. The maximum absolute atomic E-state index is 12.9. The number of nitrogens with one attached hydrogen (secondary N) is 2. The van der Waals surface area contributed by atoms with Crippen LogP contribution in [0.5, 0.6) is 0 Å². The molecule has 0 aliphatic carbocycles. The van der Waals surface area contributed by atoms with E-state index >= 15 is 0 Å². The molecular formula is C26H22N2O8. The Hall–Kier alpha value is -4.99. The van der Waals surface area contributed by atoms with Crippen LogP contribution in [0.15, 0.2) is 84.9 Å². The highest BCUT2D eigenvalue weighted by molar-refractivity contribution is 5.99. The van der Waals surface area contributed by atoms with E-state index in [1.165, 1.54) is 60.7 Å². The Labute approximate surface area is 205 Å². The first-order valence-corrected chi connectivity index (χ1v) is 10.7. The van der Waals surface area contributed by atoms with E-state index in [0.29, 0.717) is 0 Å². The second-order valence-electron chi connectivity index (χ2n) is 7.53. The molecule has 3 N–H and O–H groups in total. The van der Waals surface area contributed by atoms with Gasteiger partial charge in [-0.3, -0.25) is 20.4 Å². The molecule has 0 heterocycles. The lowest BCUT2D eigenvalue weighted by molar-refractivity contribution is -0.159. The quantitative estimate of drug-likeness (QED) is 0.322. The fraction of sp³-hybridized carbons (Fsp3) is 0.115. The fourth-order valence-corrected chi connectivity index (χ4v) is 2.98. The van der Waals surface area contributed by atoms with Crippen LogP contribution in [0.1, 0.15) is 36.6 Å². The molecule has 0 bridgehead atoms. The highest BCUT2D eigenvalue weighted by atomic mass is 16.6. The number of hydrogen-bond donors (Lipinski definition) is 3. The number of hydrogen-bond acceptors (Lipinski definition) is 7. The average molecular weight is 490 g/mol. The van der Waals surface area contributed by atoms with Gasteiger partial charge >= 0.3 is 17.9 Å². The smallest absolute Gasteiger partial charge is 0.349 e. The van der Waals surface area contributed by atoms with Crippen molar-refractivity contribution in [1.29, 1.82) is 0 Å². The number of aryl methyl sites for hydroxylation is 1. The van der Waals surface area contributed by atoms with E-state index < -0.39 is 41.9 Å². The van der Waals surface area contributed by atoms with Crippen molar-refractivity contribution in [3.05, 3.63) is 107 Å². The minimum absolute atomic E-state index is 0.0185. The summed E-state index contributed by atoms with van der Waals surface area (Å²) in [7, 11) is 0. The van der Waals surface area contributed by atoms with E-state index in [0.717, 1.165) is 5.56 Å². The van der Waals surface area contributed by atoms with E-state index in [-0.39, 0.29) is 16.7 Å². The number of carbonyl (C=O) groups excluding carboxylic acids is 4. The molecular weight excluding hydrogens is 468 g/mol. The summed E-state index contributed by atoms with van der Waals surface area (Å²) in [4.78, 5) is 62.4. The molecule has 0 aliphatic heterocycles. The van der Waals surface area contributed by atoms with E-state index in [2.05, 4.69) is 5.43 Å². The van der Waals surface area contributed by atoms with Gasteiger partial charge in [0, 0.05) is 5.56 Å². The fourth-order valence-electron chi connectivity index (χ4n) is 2.98. The number of amides is 2. The molecule has 0 aromatic heterocycles. The van der Waals surface area contributed by atoms with E-state index in [9.17, 15) is 29.1 Å². The number of rotatable bonds is 8. The molecule has 0 unspecified atom stereocenters. The van der Waals surface area contributed by atoms with Crippen LogP contribution >= 0.6 is 0 Å². The normalized spacial score (nSPS) is 11.9. The minimum atomic E-state index is -2.22. The Kier molecular flexibility index (Phi) is 8.49. The van der Waals surface area contributed by atoms with Crippen LogP contribution in [0.3, 0.4) is 0 Å². The molecule has 10 heteroatoms. The Bertz CT molecular complexity index is 1240. The van der Waals surface area contributed by atoms with Gasteiger partial charge in [0.15, 0.2) is 0 Å².